The number of benzene rings is 3. The summed E-state index contributed by atoms with van der Waals surface area (Å²) in [5.41, 5.74) is 3.21. The molecule has 0 fully saturated rings. The lowest BCUT2D eigenvalue weighted by molar-refractivity contribution is -0.123. The average molecular weight is 426 g/mol. The molecule has 0 unspecified atom stereocenters. The van der Waals surface area contributed by atoms with Gasteiger partial charge in [-0.2, -0.15) is 0 Å². The Morgan fingerprint density at radius 1 is 0.963 bits per heavy atom. The predicted octanol–water partition coefficient (Wildman–Crippen LogP) is 4.82. The summed E-state index contributed by atoms with van der Waals surface area (Å²) in [4.78, 5) is 12.0. The Morgan fingerprint density at radius 3 is 2.37 bits per heavy atom. The highest BCUT2D eigenvalue weighted by Crippen LogP contribution is 2.30. The Kier molecular flexibility index (Phi) is 6.49. The first-order valence-electron chi connectivity index (χ1n) is 8.53. The standard InChI is InChI=1S/C22H20BrNO3/c1-26-19-10-7-16(8-11-19)14-24-22(25)15-27-21-12-9-18(13-20(21)23)17-5-3-2-4-6-17/h2-13H,14-15H2,1H3,(H,24,25). The first kappa shape index (κ1) is 19.0. The molecule has 3 aromatic carbocycles. The third-order valence-electron chi connectivity index (χ3n) is 4.05. The summed E-state index contributed by atoms with van der Waals surface area (Å²) in [6.45, 7) is 0.403. The number of ether oxygens (including phenoxy) is 2. The molecule has 0 aliphatic rings. The van der Waals surface area contributed by atoms with Crippen molar-refractivity contribution in [3.63, 3.8) is 0 Å². The van der Waals surface area contributed by atoms with Gasteiger partial charge in [0.05, 0.1) is 11.6 Å². The van der Waals surface area contributed by atoms with Crippen molar-refractivity contribution in [3.8, 4) is 22.6 Å². The second kappa shape index (κ2) is 9.24. The Morgan fingerprint density at radius 2 is 1.70 bits per heavy atom. The number of rotatable bonds is 7. The van der Waals surface area contributed by atoms with Crippen LogP contribution in [-0.4, -0.2) is 19.6 Å². The van der Waals surface area contributed by atoms with Crippen molar-refractivity contribution in [3.05, 3.63) is 82.8 Å². The monoisotopic (exact) mass is 425 g/mol. The summed E-state index contributed by atoms with van der Waals surface area (Å²) in [7, 11) is 1.62. The van der Waals surface area contributed by atoms with E-state index >= 15 is 0 Å². The second-order valence-electron chi connectivity index (χ2n) is 5.92. The summed E-state index contributed by atoms with van der Waals surface area (Å²) in [6, 6.07) is 23.5. The van der Waals surface area contributed by atoms with Crippen molar-refractivity contribution in [2.24, 2.45) is 0 Å². The van der Waals surface area contributed by atoms with Gasteiger partial charge in [-0.25, -0.2) is 0 Å². The van der Waals surface area contributed by atoms with Gasteiger partial charge in [0.2, 0.25) is 0 Å². The predicted molar refractivity (Wildman–Crippen MR) is 110 cm³/mol. The van der Waals surface area contributed by atoms with E-state index in [4.69, 9.17) is 9.47 Å². The molecule has 5 heteroatoms. The molecule has 1 amide bonds. The van der Waals surface area contributed by atoms with Gasteiger partial charge in [-0.05, 0) is 56.9 Å². The van der Waals surface area contributed by atoms with Gasteiger partial charge < -0.3 is 14.8 Å². The van der Waals surface area contributed by atoms with Gasteiger partial charge in [-0.15, -0.1) is 0 Å². The summed E-state index contributed by atoms with van der Waals surface area (Å²) < 4.78 is 11.6. The van der Waals surface area contributed by atoms with Crippen LogP contribution in [0.25, 0.3) is 11.1 Å². The molecule has 1 N–H and O–H groups in total. The van der Waals surface area contributed by atoms with E-state index < -0.39 is 0 Å². The number of methoxy groups -OCH3 is 1. The van der Waals surface area contributed by atoms with Crippen LogP contribution in [0.3, 0.4) is 0 Å². The highest BCUT2D eigenvalue weighted by Gasteiger charge is 2.07. The fourth-order valence-electron chi connectivity index (χ4n) is 2.57. The van der Waals surface area contributed by atoms with Crippen molar-refractivity contribution in [2.75, 3.05) is 13.7 Å². The number of nitrogens with one attached hydrogen (secondary N) is 1. The Bertz CT molecular complexity index is 895. The van der Waals surface area contributed by atoms with Crippen LogP contribution in [-0.2, 0) is 11.3 Å². The fraction of sp³-hybridized carbons (Fsp3) is 0.136. The van der Waals surface area contributed by atoms with Gasteiger partial charge >= 0.3 is 0 Å². The SMILES string of the molecule is COc1ccc(CNC(=O)COc2ccc(-c3ccccc3)cc2Br)cc1. The third-order valence-corrected chi connectivity index (χ3v) is 4.67. The quantitative estimate of drug-likeness (QED) is 0.590. The fourth-order valence-corrected chi connectivity index (χ4v) is 3.06. The zero-order valence-electron chi connectivity index (χ0n) is 14.9. The minimum absolute atomic E-state index is 0.0422. The average Bonchev–Trinajstić information content (AvgIpc) is 2.72. The second-order valence-corrected chi connectivity index (χ2v) is 6.78. The molecule has 138 valence electrons. The molecule has 0 atom stereocenters. The summed E-state index contributed by atoms with van der Waals surface area (Å²) >= 11 is 3.52. The summed E-state index contributed by atoms with van der Waals surface area (Å²) in [5, 5.41) is 2.84. The number of halogens is 1. The van der Waals surface area contributed by atoms with Crippen LogP contribution < -0.4 is 14.8 Å². The van der Waals surface area contributed by atoms with Gasteiger partial charge in [0.1, 0.15) is 11.5 Å². The molecule has 0 aromatic heterocycles. The van der Waals surface area contributed by atoms with Crippen molar-refractivity contribution in [1.29, 1.82) is 0 Å². The van der Waals surface area contributed by atoms with E-state index in [0.717, 1.165) is 26.9 Å². The van der Waals surface area contributed by atoms with Gasteiger partial charge in [0, 0.05) is 6.54 Å². The Hall–Kier alpha value is -2.79. The Labute approximate surface area is 167 Å². The molecular formula is C22H20BrNO3. The van der Waals surface area contributed by atoms with Crippen molar-refractivity contribution >= 4 is 21.8 Å². The molecule has 3 rings (SSSR count). The molecule has 0 aliphatic heterocycles. The van der Waals surface area contributed by atoms with Crippen molar-refractivity contribution in [2.45, 2.75) is 6.54 Å². The number of carbonyl (C=O) groups is 1. The molecule has 0 spiro atoms. The minimum Gasteiger partial charge on any atom is -0.497 e. The molecular weight excluding hydrogens is 406 g/mol. The van der Waals surface area contributed by atoms with Crippen LogP contribution >= 0.6 is 15.9 Å². The highest BCUT2D eigenvalue weighted by atomic mass is 79.9. The molecule has 3 aromatic rings. The maximum Gasteiger partial charge on any atom is 0.258 e. The normalized spacial score (nSPS) is 10.3. The number of amides is 1. The number of hydrogen-bond donors (Lipinski definition) is 1. The zero-order valence-corrected chi connectivity index (χ0v) is 16.5. The van der Waals surface area contributed by atoms with Gasteiger partial charge in [-0.1, -0.05) is 48.5 Å². The Balaban J connectivity index is 1.52. The van der Waals surface area contributed by atoms with E-state index in [0.29, 0.717) is 12.3 Å². The third kappa shape index (κ3) is 5.34. The smallest absolute Gasteiger partial charge is 0.258 e. The van der Waals surface area contributed by atoms with E-state index in [1.54, 1.807) is 7.11 Å². The highest BCUT2D eigenvalue weighted by molar-refractivity contribution is 9.10. The van der Waals surface area contributed by atoms with Crippen molar-refractivity contribution < 1.29 is 14.3 Å². The number of hydrogen-bond acceptors (Lipinski definition) is 3. The van der Waals surface area contributed by atoms with Crippen LogP contribution in [0.15, 0.2) is 77.3 Å². The van der Waals surface area contributed by atoms with E-state index in [9.17, 15) is 4.79 Å². The lowest BCUT2D eigenvalue weighted by atomic mass is 10.1. The van der Waals surface area contributed by atoms with Crippen LogP contribution in [0, 0.1) is 0 Å². The zero-order chi connectivity index (χ0) is 19.1. The molecule has 0 saturated carbocycles. The number of carbonyl (C=O) groups excluding carboxylic acids is 1. The molecule has 0 aliphatic carbocycles. The van der Waals surface area contributed by atoms with E-state index in [1.807, 2.05) is 60.7 Å². The summed E-state index contributed by atoms with van der Waals surface area (Å²) in [6.07, 6.45) is 0. The lowest BCUT2D eigenvalue weighted by Gasteiger charge is -2.11. The maximum atomic E-state index is 12.0. The lowest BCUT2D eigenvalue weighted by Crippen LogP contribution is -2.28. The molecule has 0 saturated heterocycles. The van der Waals surface area contributed by atoms with Gasteiger partial charge in [0.15, 0.2) is 6.61 Å². The van der Waals surface area contributed by atoms with Gasteiger partial charge in [0.25, 0.3) is 5.91 Å². The maximum absolute atomic E-state index is 12.0. The van der Waals surface area contributed by atoms with E-state index in [1.165, 1.54) is 0 Å². The topological polar surface area (TPSA) is 47.6 Å². The molecule has 4 nitrogen and oxygen atoms in total. The van der Waals surface area contributed by atoms with Crippen LogP contribution in [0.5, 0.6) is 11.5 Å². The molecule has 0 radical (unpaired) electrons. The van der Waals surface area contributed by atoms with E-state index in [-0.39, 0.29) is 12.5 Å². The first-order chi connectivity index (χ1) is 13.2. The largest absolute Gasteiger partial charge is 0.497 e. The molecule has 0 heterocycles. The molecule has 0 bridgehead atoms. The molecule has 27 heavy (non-hydrogen) atoms. The van der Waals surface area contributed by atoms with Crippen LogP contribution in [0.1, 0.15) is 5.56 Å². The van der Waals surface area contributed by atoms with Crippen LogP contribution in [0.4, 0.5) is 0 Å². The van der Waals surface area contributed by atoms with Gasteiger partial charge in [-0.3, -0.25) is 4.79 Å². The van der Waals surface area contributed by atoms with E-state index in [2.05, 4.69) is 33.4 Å². The first-order valence-corrected chi connectivity index (χ1v) is 9.32. The summed E-state index contributed by atoms with van der Waals surface area (Å²) in [5.74, 6) is 1.25. The van der Waals surface area contributed by atoms with Crippen molar-refractivity contribution in [1.82, 2.24) is 5.32 Å². The minimum atomic E-state index is -0.176. The van der Waals surface area contributed by atoms with Crippen LogP contribution in [0.2, 0.25) is 0 Å².